The first-order chi connectivity index (χ1) is 14.1. The SMILES string of the molecule is C[C@H]1c2ccccc2C[C@H]1NC(=O)NC1CCN(C(=O)COc2ccccc2)C1. The van der Waals surface area contributed by atoms with E-state index in [1.54, 1.807) is 4.90 Å². The van der Waals surface area contributed by atoms with Gasteiger partial charge in [-0.15, -0.1) is 0 Å². The lowest BCUT2D eigenvalue weighted by Crippen LogP contribution is -2.48. The van der Waals surface area contributed by atoms with Crippen molar-refractivity contribution in [3.05, 3.63) is 65.7 Å². The average Bonchev–Trinajstić information content (AvgIpc) is 3.32. The number of amides is 3. The van der Waals surface area contributed by atoms with Gasteiger partial charge in [0.25, 0.3) is 5.91 Å². The van der Waals surface area contributed by atoms with E-state index in [2.05, 4.69) is 29.7 Å². The fourth-order valence-corrected chi connectivity index (χ4v) is 4.22. The minimum atomic E-state index is -0.158. The number of carbonyl (C=O) groups is 2. The van der Waals surface area contributed by atoms with Gasteiger partial charge in [-0.25, -0.2) is 4.79 Å². The molecule has 29 heavy (non-hydrogen) atoms. The van der Waals surface area contributed by atoms with Crippen LogP contribution in [0.4, 0.5) is 4.79 Å². The van der Waals surface area contributed by atoms with Crippen LogP contribution in [0, 0.1) is 0 Å². The number of likely N-dealkylation sites (tertiary alicyclic amines) is 1. The van der Waals surface area contributed by atoms with Crippen LogP contribution >= 0.6 is 0 Å². The van der Waals surface area contributed by atoms with Gasteiger partial charge in [-0.05, 0) is 36.1 Å². The number of ether oxygens (including phenoxy) is 1. The minimum Gasteiger partial charge on any atom is -0.484 e. The number of fused-ring (bicyclic) bond motifs is 1. The molecule has 0 bridgehead atoms. The van der Waals surface area contributed by atoms with E-state index in [4.69, 9.17) is 4.74 Å². The van der Waals surface area contributed by atoms with Gasteiger partial charge in [-0.1, -0.05) is 49.4 Å². The summed E-state index contributed by atoms with van der Waals surface area (Å²) in [4.78, 5) is 26.6. The second kappa shape index (κ2) is 8.55. The average molecular weight is 393 g/mol. The van der Waals surface area contributed by atoms with Gasteiger partial charge in [0.15, 0.2) is 6.61 Å². The number of para-hydroxylation sites is 1. The third-order valence-electron chi connectivity index (χ3n) is 5.89. The van der Waals surface area contributed by atoms with Crippen LogP contribution in [-0.2, 0) is 11.2 Å². The zero-order chi connectivity index (χ0) is 20.2. The minimum absolute atomic E-state index is 0.0147. The molecule has 2 aromatic carbocycles. The van der Waals surface area contributed by atoms with Crippen molar-refractivity contribution in [3.8, 4) is 5.75 Å². The van der Waals surface area contributed by atoms with E-state index in [0.29, 0.717) is 24.8 Å². The van der Waals surface area contributed by atoms with E-state index >= 15 is 0 Å². The number of hydrogen-bond donors (Lipinski definition) is 2. The van der Waals surface area contributed by atoms with Gasteiger partial charge in [0, 0.05) is 31.1 Å². The Hall–Kier alpha value is -3.02. The summed E-state index contributed by atoms with van der Waals surface area (Å²) >= 11 is 0. The van der Waals surface area contributed by atoms with Crippen molar-refractivity contribution in [1.82, 2.24) is 15.5 Å². The van der Waals surface area contributed by atoms with E-state index in [1.807, 2.05) is 42.5 Å². The van der Waals surface area contributed by atoms with Gasteiger partial charge in [-0.3, -0.25) is 4.79 Å². The Morgan fingerprint density at radius 2 is 1.83 bits per heavy atom. The van der Waals surface area contributed by atoms with Crippen LogP contribution in [0.15, 0.2) is 54.6 Å². The van der Waals surface area contributed by atoms with Crippen LogP contribution < -0.4 is 15.4 Å². The standard InChI is InChI=1S/C23H27N3O3/c1-16-20-10-6-5-7-17(20)13-21(16)25-23(28)24-18-11-12-26(14-18)22(27)15-29-19-8-3-2-4-9-19/h2-10,16,18,21H,11-15H2,1H3,(H2,24,25,28)/t16-,18?,21+/m0/s1. The molecule has 1 aliphatic carbocycles. The van der Waals surface area contributed by atoms with Gasteiger partial charge in [0.05, 0.1) is 0 Å². The van der Waals surface area contributed by atoms with Crippen LogP contribution in [0.1, 0.15) is 30.4 Å². The van der Waals surface area contributed by atoms with E-state index in [0.717, 1.165) is 12.8 Å². The number of hydrogen-bond acceptors (Lipinski definition) is 3. The molecule has 3 amide bonds. The molecule has 2 N–H and O–H groups in total. The molecule has 0 spiro atoms. The fraction of sp³-hybridized carbons (Fsp3) is 0.391. The van der Waals surface area contributed by atoms with Crippen LogP contribution in [-0.4, -0.2) is 48.6 Å². The maximum atomic E-state index is 12.5. The number of benzene rings is 2. The van der Waals surface area contributed by atoms with Crippen molar-refractivity contribution >= 4 is 11.9 Å². The summed E-state index contributed by atoms with van der Waals surface area (Å²) in [5.74, 6) is 0.924. The first-order valence-electron chi connectivity index (χ1n) is 10.2. The molecular weight excluding hydrogens is 366 g/mol. The predicted molar refractivity (Wildman–Crippen MR) is 111 cm³/mol. The molecule has 0 saturated carbocycles. The second-order valence-corrected chi connectivity index (χ2v) is 7.84. The summed E-state index contributed by atoms with van der Waals surface area (Å²) in [7, 11) is 0. The van der Waals surface area contributed by atoms with Crippen molar-refractivity contribution < 1.29 is 14.3 Å². The molecule has 6 heteroatoms. The highest BCUT2D eigenvalue weighted by molar-refractivity contribution is 5.79. The molecule has 6 nitrogen and oxygen atoms in total. The Labute approximate surface area is 171 Å². The second-order valence-electron chi connectivity index (χ2n) is 7.84. The summed E-state index contributed by atoms with van der Waals surface area (Å²) in [5, 5.41) is 6.14. The molecule has 0 radical (unpaired) electrons. The van der Waals surface area contributed by atoms with Crippen molar-refractivity contribution in [2.45, 2.75) is 37.8 Å². The van der Waals surface area contributed by atoms with Gasteiger partial charge in [-0.2, -0.15) is 0 Å². The lowest BCUT2D eigenvalue weighted by Gasteiger charge is -2.21. The summed E-state index contributed by atoms with van der Waals surface area (Å²) in [6.07, 6.45) is 1.61. The molecule has 3 atom stereocenters. The molecule has 152 valence electrons. The fourth-order valence-electron chi connectivity index (χ4n) is 4.22. The Kier molecular flexibility index (Phi) is 5.69. The first-order valence-corrected chi connectivity index (χ1v) is 10.2. The third-order valence-corrected chi connectivity index (χ3v) is 5.89. The maximum Gasteiger partial charge on any atom is 0.315 e. The predicted octanol–water partition coefficient (Wildman–Crippen LogP) is 2.69. The quantitative estimate of drug-likeness (QED) is 0.821. The summed E-state index contributed by atoms with van der Waals surface area (Å²) in [6.45, 7) is 3.32. The van der Waals surface area contributed by atoms with E-state index in [9.17, 15) is 9.59 Å². The summed E-state index contributed by atoms with van der Waals surface area (Å²) in [6, 6.07) is 17.6. The maximum absolute atomic E-state index is 12.5. The summed E-state index contributed by atoms with van der Waals surface area (Å²) < 4.78 is 5.54. The molecule has 1 saturated heterocycles. The zero-order valence-electron chi connectivity index (χ0n) is 16.6. The zero-order valence-corrected chi connectivity index (χ0v) is 16.6. The van der Waals surface area contributed by atoms with Crippen LogP contribution in [0.25, 0.3) is 0 Å². The number of nitrogens with zero attached hydrogens (tertiary/aromatic N) is 1. The monoisotopic (exact) mass is 393 g/mol. The highest BCUT2D eigenvalue weighted by Gasteiger charge is 2.32. The van der Waals surface area contributed by atoms with Gasteiger partial charge in [0.2, 0.25) is 0 Å². The lowest BCUT2D eigenvalue weighted by molar-refractivity contribution is -0.132. The highest BCUT2D eigenvalue weighted by atomic mass is 16.5. The molecule has 0 aromatic heterocycles. The molecule has 1 fully saturated rings. The van der Waals surface area contributed by atoms with E-state index in [1.165, 1.54) is 11.1 Å². The van der Waals surface area contributed by atoms with Crippen LogP contribution in [0.5, 0.6) is 5.75 Å². The Bertz CT molecular complexity index is 871. The smallest absolute Gasteiger partial charge is 0.315 e. The first kappa shape index (κ1) is 19.3. The van der Waals surface area contributed by atoms with E-state index < -0.39 is 0 Å². The largest absolute Gasteiger partial charge is 0.484 e. The topological polar surface area (TPSA) is 70.7 Å². The summed E-state index contributed by atoms with van der Waals surface area (Å²) in [5.41, 5.74) is 2.62. The number of urea groups is 1. The molecule has 1 unspecified atom stereocenters. The van der Waals surface area contributed by atoms with Crippen molar-refractivity contribution in [1.29, 1.82) is 0 Å². The molecule has 2 aliphatic rings. The Balaban J connectivity index is 1.22. The highest BCUT2D eigenvalue weighted by Crippen LogP contribution is 2.32. The molecule has 1 heterocycles. The van der Waals surface area contributed by atoms with Crippen molar-refractivity contribution in [2.24, 2.45) is 0 Å². The number of rotatable bonds is 5. The van der Waals surface area contributed by atoms with Gasteiger partial charge in [0.1, 0.15) is 5.75 Å². The van der Waals surface area contributed by atoms with Crippen LogP contribution in [0.2, 0.25) is 0 Å². The van der Waals surface area contributed by atoms with Gasteiger partial charge >= 0.3 is 6.03 Å². The number of nitrogens with one attached hydrogen (secondary N) is 2. The molecular formula is C23H27N3O3. The number of carbonyl (C=O) groups excluding carboxylic acids is 2. The van der Waals surface area contributed by atoms with Crippen molar-refractivity contribution in [2.75, 3.05) is 19.7 Å². The van der Waals surface area contributed by atoms with Crippen LogP contribution in [0.3, 0.4) is 0 Å². The third kappa shape index (κ3) is 4.53. The Morgan fingerprint density at radius 3 is 2.62 bits per heavy atom. The van der Waals surface area contributed by atoms with Gasteiger partial charge < -0.3 is 20.3 Å². The van der Waals surface area contributed by atoms with Crippen molar-refractivity contribution in [3.63, 3.8) is 0 Å². The molecule has 4 rings (SSSR count). The normalized spacial score (nSPS) is 22.8. The Morgan fingerprint density at radius 1 is 1.07 bits per heavy atom. The van der Waals surface area contributed by atoms with E-state index in [-0.39, 0.29) is 30.6 Å². The molecule has 2 aromatic rings. The molecule has 1 aliphatic heterocycles. The lowest BCUT2D eigenvalue weighted by atomic mass is 10.0.